The van der Waals surface area contributed by atoms with Gasteiger partial charge in [-0.05, 0) is 0 Å². The Labute approximate surface area is 86.9 Å². The number of carbonyl (C=O) groups excluding carboxylic acids is 1. The summed E-state index contributed by atoms with van der Waals surface area (Å²) in [6.45, 7) is -0.443. The lowest BCUT2D eigenvalue weighted by Gasteiger charge is -2.17. The minimum atomic E-state index is -2.78. The lowest BCUT2D eigenvalue weighted by molar-refractivity contribution is -0.171. The van der Waals surface area contributed by atoms with Crippen molar-refractivity contribution in [2.24, 2.45) is 0 Å². The van der Waals surface area contributed by atoms with E-state index >= 15 is 0 Å². The molecule has 1 fully saturated rings. The number of hydroxylamine groups is 2. The maximum atomic E-state index is 12.6. The quantitative estimate of drug-likeness (QED) is 0.700. The summed E-state index contributed by atoms with van der Waals surface area (Å²) in [7, 11) is 2.70. The van der Waals surface area contributed by atoms with Crippen LogP contribution in [0.2, 0.25) is 0 Å². The normalized spacial score (nSPS) is 24.1. The zero-order valence-corrected chi connectivity index (χ0v) is 8.74. The summed E-state index contributed by atoms with van der Waals surface area (Å²) in [6.07, 6.45) is -0.459. The highest BCUT2D eigenvalue weighted by Gasteiger charge is 2.43. The molecule has 1 aliphatic rings. The molecule has 0 unspecified atom stereocenters. The Morgan fingerprint density at radius 3 is 2.57 bits per heavy atom. The van der Waals surface area contributed by atoms with Crippen molar-refractivity contribution in [2.75, 3.05) is 20.7 Å². The van der Waals surface area contributed by atoms with Crippen LogP contribution in [0.3, 0.4) is 0 Å². The van der Waals surface area contributed by atoms with Gasteiger partial charge in [0.25, 0.3) is 11.8 Å². The van der Waals surface area contributed by atoms with Crippen molar-refractivity contribution in [1.29, 1.82) is 0 Å². The molecule has 0 radical (unpaired) electrons. The molecular formula is C7H13ClF2N2O2. The van der Waals surface area contributed by atoms with Crippen LogP contribution >= 0.6 is 12.4 Å². The highest BCUT2D eigenvalue weighted by atomic mass is 35.5. The fourth-order valence-electron chi connectivity index (χ4n) is 1.20. The van der Waals surface area contributed by atoms with Crippen LogP contribution in [0.5, 0.6) is 0 Å². The van der Waals surface area contributed by atoms with Gasteiger partial charge in [-0.1, -0.05) is 0 Å². The van der Waals surface area contributed by atoms with Gasteiger partial charge in [-0.2, -0.15) is 0 Å². The van der Waals surface area contributed by atoms with Crippen molar-refractivity contribution < 1.29 is 18.4 Å². The predicted octanol–water partition coefficient (Wildman–Crippen LogP) is 0.425. The molecular weight excluding hydrogens is 218 g/mol. The van der Waals surface area contributed by atoms with Crippen molar-refractivity contribution in [1.82, 2.24) is 10.4 Å². The van der Waals surface area contributed by atoms with E-state index in [9.17, 15) is 13.6 Å². The summed E-state index contributed by atoms with van der Waals surface area (Å²) < 4.78 is 25.3. The Morgan fingerprint density at radius 1 is 1.64 bits per heavy atom. The summed E-state index contributed by atoms with van der Waals surface area (Å²) in [4.78, 5) is 15.9. The third-order valence-corrected chi connectivity index (χ3v) is 1.99. The smallest absolute Gasteiger partial charge is 0.263 e. The third-order valence-electron chi connectivity index (χ3n) is 1.99. The molecule has 0 bridgehead atoms. The molecule has 1 amide bonds. The standard InChI is InChI=1S/C7H12F2N2O2.ClH/c1-11(13-2)6(12)5-3-7(8,9)4-10-5;/h5,10H,3-4H2,1-2H3;1H/t5-;/m0./s1. The van der Waals surface area contributed by atoms with E-state index in [-0.39, 0.29) is 12.4 Å². The highest BCUT2D eigenvalue weighted by Crippen LogP contribution is 2.25. The van der Waals surface area contributed by atoms with Gasteiger partial charge in [-0.25, -0.2) is 13.8 Å². The average Bonchev–Trinajstić information content (AvgIpc) is 2.43. The van der Waals surface area contributed by atoms with E-state index in [1.807, 2.05) is 0 Å². The van der Waals surface area contributed by atoms with Gasteiger partial charge in [-0.15, -0.1) is 12.4 Å². The van der Waals surface area contributed by atoms with E-state index in [0.717, 1.165) is 5.06 Å². The number of hydrogen-bond acceptors (Lipinski definition) is 3. The predicted molar refractivity (Wildman–Crippen MR) is 48.4 cm³/mol. The number of amides is 1. The topological polar surface area (TPSA) is 41.6 Å². The molecule has 0 aliphatic carbocycles. The largest absolute Gasteiger partial charge is 0.300 e. The monoisotopic (exact) mass is 230 g/mol. The number of nitrogens with one attached hydrogen (secondary N) is 1. The molecule has 0 aromatic heterocycles. The summed E-state index contributed by atoms with van der Waals surface area (Å²) in [5.41, 5.74) is 0. The van der Waals surface area contributed by atoms with Gasteiger partial charge in [0.2, 0.25) is 0 Å². The van der Waals surface area contributed by atoms with Gasteiger partial charge < -0.3 is 0 Å². The second-order valence-corrected chi connectivity index (χ2v) is 3.01. The fourth-order valence-corrected chi connectivity index (χ4v) is 1.20. The first kappa shape index (κ1) is 13.5. The van der Waals surface area contributed by atoms with Gasteiger partial charge in [0.15, 0.2) is 0 Å². The summed E-state index contributed by atoms with van der Waals surface area (Å²) in [5.74, 6) is -3.26. The number of likely N-dealkylation sites (N-methyl/N-ethyl adjacent to an activating group) is 1. The molecule has 0 aromatic rings. The second-order valence-electron chi connectivity index (χ2n) is 3.01. The molecule has 7 heteroatoms. The maximum Gasteiger partial charge on any atom is 0.263 e. The Balaban J connectivity index is 0.00000169. The molecule has 1 aliphatic heterocycles. The van der Waals surface area contributed by atoms with E-state index in [0.29, 0.717) is 0 Å². The van der Waals surface area contributed by atoms with Gasteiger partial charge in [0, 0.05) is 13.5 Å². The molecule has 1 saturated heterocycles. The first-order chi connectivity index (χ1) is 5.96. The summed E-state index contributed by atoms with van der Waals surface area (Å²) >= 11 is 0. The second kappa shape index (κ2) is 4.86. The summed E-state index contributed by atoms with van der Waals surface area (Å²) in [5, 5.41) is 3.38. The number of halogens is 3. The van der Waals surface area contributed by atoms with Crippen molar-refractivity contribution in [2.45, 2.75) is 18.4 Å². The van der Waals surface area contributed by atoms with Crippen LogP contribution in [0.25, 0.3) is 0 Å². The van der Waals surface area contributed by atoms with Gasteiger partial charge in [0.1, 0.15) is 0 Å². The molecule has 0 aromatic carbocycles. The molecule has 0 spiro atoms. The van der Waals surface area contributed by atoms with E-state index in [4.69, 9.17) is 0 Å². The van der Waals surface area contributed by atoms with Crippen LogP contribution in [-0.4, -0.2) is 43.6 Å². The minimum absolute atomic E-state index is 0. The average molecular weight is 231 g/mol. The molecule has 1 N–H and O–H groups in total. The van der Waals surface area contributed by atoms with Crippen LogP contribution in [0, 0.1) is 0 Å². The Bertz CT molecular complexity index is 216. The Morgan fingerprint density at radius 2 is 2.21 bits per heavy atom. The Hall–Kier alpha value is -0.460. The lowest BCUT2D eigenvalue weighted by Crippen LogP contribution is -2.40. The van der Waals surface area contributed by atoms with Crippen LogP contribution < -0.4 is 5.32 Å². The van der Waals surface area contributed by atoms with Crippen molar-refractivity contribution in [3.8, 4) is 0 Å². The number of nitrogens with zero attached hydrogens (tertiary/aromatic N) is 1. The van der Waals surface area contributed by atoms with Crippen molar-refractivity contribution in [3.63, 3.8) is 0 Å². The van der Waals surface area contributed by atoms with Gasteiger partial charge >= 0.3 is 0 Å². The van der Waals surface area contributed by atoms with E-state index in [1.165, 1.54) is 14.2 Å². The molecule has 1 heterocycles. The van der Waals surface area contributed by atoms with E-state index in [1.54, 1.807) is 0 Å². The van der Waals surface area contributed by atoms with Crippen molar-refractivity contribution >= 4 is 18.3 Å². The van der Waals surface area contributed by atoms with Crippen LogP contribution in [-0.2, 0) is 9.63 Å². The Kier molecular flexibility index (Phi) is 4.70. The number of alkyl halides is 2. The van der Waals surface area contributed by atoms with E-state index < -0.39 is 30.8 Å². The third kappa shape index (κ3) is 3.04. The first-order valence-corrected chi connectivity index (χ1v) is 3.89. The minimum Gasteiger partial charge on any atom is -0.300 e. The highest BCUT2D eigenvalue weighted by molar-refractivity contribution is 5.85. The van der Waals surface area contributed by atoms with Gasteiger partial charge in [0.05, 0.1) is 19.7 Å². The van der Waals surface area contributed by atoms with Crippen LogP contribution in [0.4, 0.5) is 8.78 Å². The zero-order chi connectivity index (χ0) is 10.1. The van der Waals surface area contributed by atoms with E-state index in [2.05, 4.69) is 10.2 Å². The zero-order valence-electron chi connectivity index (χ0n) is 7.92. The maximum absolute atomic E-state index is 12.6. The fraction of sp³-hybridized carbons (Fsp3) is 0.857. The first-order valence-electron chi connectivity index (χ1n) is 3.89. The lowest BCUT2D eigenvalue weighted by atomic mass is 10.2. The molecule has 1 atom stereocenters. The molecule has 1 rings (SSSR count). The van der Waals surface area contributed by atoms with Gasteiger partial charge in [-0.3, -0.25) is 14.9 Å². The number of rotatable bonds is 2. The van der Waals surface area contributed by atoms with Crippen LogP contribution in [0.1, 0.15) is 6.42 Å². The SMILES string of the molecule is CON(C)C(=O)[C@@H]1CC(F)(F)CN1.Cl. The molecule has 0 saturated carbocycles. The van der Waals surface area contributed by atoms with Crippen molar-refractivity contribution in [3.05, 3.63) is 0 Å². The number of carbonyl (C=O) groups is 1. The molecule has 4 nitrogen and oxygen atoms in total. The summed E-state index contributed by atoms with van der Waals surface area (Å²) in [6, 6.07) is -0.833. The molecule has 14 heavy (non-hydrogen) atoms. The van der Waals surface area contributed by atoms with Crippen LogP contribution in [0.15, 0.2) is 0 Å². The molecule has 84 valence electrons. The number of hydrogen-bond donors (Lipinski definition) is 1.